The van der Waals surface area contributed by atoms with Crippen molar-refractivity contribution in [2.45, 2.75) is 64.0 Å². The Bertz CT molecular complexity index is 1580. The molecule has 248 valence electrons. The number of carbonyl (C=O) groups is 3. The summed E-state index contributed by atoms with van der Waals surface area (Å²) in [6, 6.07) is 22.7. The van der Waals surface area contributed by atoms with Crippen LogP contribution in [0, 0.1) is 17.8 Å². The Labute approximate surface area is 279 Å². The number of nitrogens with zero attached hydrogens (tertiary/aromatic N) is 4. The molecule has 0 radical (unpaired) electrons. The molecule has 4 amide bonds. The SMILES string of the molecule is CN1CCC(C2CCN(C(=O)[C@@H](CC(=O)N3CCC(N4Cc5ccccc5NC4=O)CC3)Cc3ccc4ccccc4c3)CC2)CC1. The van der Waals surface area contributed by atoms with Crippen LogP contribution in [0.15, 0.2) is 66.7 Å². The maximum atomic E-state index is 14.2. The zero-order valence-corrected chi connectivity index (χ0v) is 27.8. The molecule has 3 aromatic rings. The van der Waals surface area contributed by atoms with E-state index in [2.05, 4.69) is 58.6 Å². The first-order chi connectivity index (χ1) is 22.9. The number of likely N-dealkylation sites (tertiary alicyclic amines) is 3. The first-order valence-electron chi connectivity index (χ1n) is 17.8. The number of hydrogen-bond acceptors (Lipinski definition) is 4. The number of nitrogens with one attached hydrogen (secondary N) is 1. The van der Waals surface area contributed by atoms with Gasteiger partial charge < -0.3 is 24.9 Å². The van der Waals surface area contributed by atoms with E-state index in [4.69, 9.17) is 0 Å². The summed E-state index contributed by atoms with van der Waals surface area (Å²) in [6.07, 6.45) is 6.94. The van der Waals surface area contributed by atoms with E-state index in [0.717, 1.165) is 66.9 Å². The van der Waals surface area contributed by atoms with Gasteiger partial charge >= 0.3 is 6.03 Å². The van der Waals surface area contributed by atoms with E-state index in [-0.39, 0.29) is 36.2 Å². The van der Waals surface area contributed by atoms with Crippen LogP contribution in [0.4, 0.5) is 10.5 Å². The molecule has 4 aliphatic rings. The van der Waals surface area contributed by atoms with Gasteiger partial charge in [-0.25, -0.2) is 4.79 Å². The fourth-order valence-electron chi connectivity index (χ4n) is 8.53. The number of para-hydroxylation sites is 1. The molecule has 1 atom stereocenters. The second kappa shape index (κ2) is 14.1. The summed E-state index contributed by atoms with van der Waals surface area (Å²) in [4.78, 5) is 49.3. The van der Waals surface area contributed by atoms with E-state index in [1.807, 2.05) is 40.1 Å². The third kappa shape index (κ3) is 7.18. The van der Waals surface area contributed by atoms with Crippen LogP contribution in [-0.2, 0) is 22.6 Å². The number of carbonyl (C=O) groups excluding carboxylic acids is 3. The van der Waals surface area contributed by atoms with E-state index < -0.39 is 0 Å². The molecule has 3 fully saturated rings. The number of hydrogen-bond donors (Lipinski definition) is 1. The van der Waals surface area contributed by atoms with Crippen LogP contribution in [0.25, 0.3) is 10.8 Å². The molecular weight excluding hydrogens is 586 g/mol. The van der Waals surface area contributed by atoms with E-state index in [0.29, 0.717) is 32.0 Å². The summed E-state index contributed by atoms with van der Waals surface area (Å²) in [5, 5.41) is 5.37. The first kappa shape index (κ1) is 31.7. The maximum Gasteiger partial charge on any atom is 0.322 e. The molecule has 3 aromatic carbocycles. The van der Waals surface area contributed by atoms with Crippen LogP contribution in [0.1, 0.15) is 56.1 Å². The van der Waals surface area contributed by atoms with Crippen molar-refractivity contribution in [3.63, 3.8) is 0 Å². The number of rotatable bonds is 7. The quantitative estimate of drug-likeness (QED) is 0.345. The van der Waals surface area contributed by atoms with Gasteiger partial charge in [0.25, 0.3) is 0 Å². The zero-order chi connectivity index (χ0) is 32.3. The van der Waals surface area contributed by atoms with Crippen LogP contribution in [0.3, 0.4) is 0 Å². The van der Waals surface area contributed by atoms with E-state index in [9.17, 15) is 14.4 Å². The van der Waals surface area contributed by atoms with E-state index in [1.54, 1.807) is 0 Å². The van der Waals surface area contributed by atoms with Gasteiger partial charge in [0.05, 0.1) is 5.92 Å². The minimum absolute atomic E-state index is 0.0530. The van der Waals surface area contributed by atoms with Gasteiger partial charge in [-0.15, -0.1) is 0 Å². The van der Waals surface area contributed by atoms with Gasteiger partial charge in [-0.3, -0.25) is 9.59 Å². The molecule has 8 heteroatoms. The molecule has 1 N–H and O–H groups in total. The van der Waals surface area contributed by atoms with Gasteiger partial charge in [-0.1, -0.05) is 60.7 Å². The van der Waals surface area contributed by atoms with Crippen molar-refractivity contribution < 1.29 is 14.4 Å². The maximum absolute atomic E-state index is 14.2. The summed E-state index contributed by atoms with van der Waals surface area (Å²) >= 11 is 0. The van der Waals surface area contributed by atoms with Crippen molar-refractivity contribution in [2.75, 3.05) is 51.6 Å². The minimum atomic E-state index is -0.384. The Morgan fingerprint density at radius 2 is 1.40 bits per heavy atom. The molecule has 0 saturated carbocycles. The number of fused-ring (bicyclic) bond motifs is 2. The molecule has 4 heterocycles. The summed E-state index contributed by atoms with van der Waals surface area (Å²) in [6.45, 7) is 5.75. The molecule has 3 saturated heterocycles. The molecule has 0 bridgehead atoms. The number of amides is 4. The van der Waals surface area contributed by atoms with Crippen LogP contribution < -0.4 is 5.32 Å². The number of anilines is 1. The molecule has 0 aromatic heterocycles. The molecule has 47 heavy (non-hydrogen) atoms. The monoisotopic (exact) mass is 635 g/mol. The lowest BCUT2D eigenvalue weighted by Crippen LogP contribution is -2.51. The lowest BCUT2D eigenvalue weighted by Gasteiger charge is -2.41. The predicted octanol–water partition coefficient (Wildman–Crippen LogP) is 6.01. The van der Waals surface area contributed by atoms with Gasteiger partial charge in [0.15, 0.2) is 0 Å². The largest absolute Gasteiger partial charge is 0.343 e. The van der Waals surface area contributed by atoms with Gasteiger partial charge in [-0.05, 0) is 105 Å². The van der Waals surface area contributed by atoms with Crippen molar-refractivity contribution >= 4 is 34.3 Å². The minimum Gasteiger partial charge on any atom is -0.343 e. The Hall–Kier alpha value is -3.91. The van der Waals surface area contributed by atoms with Crippen molar-refractivity contribution in [1.29, 1.82) is 0 Å². The van der Waals surface area contributed by atoms with Gasteiger partial charge in [-0.2, -0.15) is 0 Å². The highest BCUT2D eigenvalue weighted by Crippen LogP contribution is 2.34. The lowest BCUT2D eigenvalue weighted by atomic mass is 9.78. The Kier molecular flexibility index (Phi) is 9.48. The van der Waals surface area contributed by atoms with Crippen LogP contribution >= 0.6 is 0 Å². The third-order valence-corrected chi connectivity index (χ3v) is 11.5. The fraction of sp³-hybridized carbons (Fsp3) is 0.513. The van der Waals surface area contributed by atoms with Crippen LogP contribution in [0.2, 0.25) is 0 Å². The average molecular weight is 636 g/mol. The molecule has 0 spiro atoms. The zero-order valence-electron chi connectivity index (χ0n) is 27.8. The predicted molar refractivity (Wildman–Crippen MR) is 186 cm³/mol. The number of piperidine rings is 3. The van der Waals surface area contributed by atoms with Crippen molar-refractivity contribution in [1.82, 2.24) is 19.6 Å². The molecule has 7 rings (SSSR count). The molecular formula is C39H49N5O3. The summed E-state index contributed by atoms with van der Waals surface area (Å²) < 4.78 is 0. The summed E-state index contributed by atoms with van der Waals surface area (Å²) in [5.74, 6) is 1.27. The van der Waals surface area contributed by atoms with Crippen LogP contribution in [-0.4, -0.2) is 89.8 Å². The average Bonchev–Trinajstić information content (AvgIpc) is 3.11. The second-order valence-electron chi connectivity index (χ2n) is 14.4. The Morgan fingerprint density at radius 1 is 0.766 bits per heavy atom. The van der Waals surface area contributed by atoms with Crippen LogP contribution in [0.5, 0.6) is 0 Å². The van der Waals surface area contributed by atoms with Gasteiger partial charge in [0, 0.05) is 50.9 Å². The highest BCUT2D eigenvalue weighted by Gasteiger charge is 2.36. The fourth-order valence-corrected chi connectivity index (χ4v) is 8.53. The van der Waals surface area contributed by atoms with Gasteiger partial charge in [0.2, 0.25) is 11.8 Å². The number of urea groups is 1. The summed E-state index contributed by atoms with van der Waals surface area (Å²) in [7, 11) is 2.21. The highest BCUT2D eigenvalue weighted by molar-refractivity contribution is 5.92. The van der Waals surface area contributed by atoms with E-state index >= 15 is 0 Å². The standard InChI is InChI=1S/C39H49N5O3/c1-41-18-12-30(13-19-41)31-14-20-43(21-15-31)38(46)34(25-28-10-11-29-6-2-3-7-32(29)24-28)26-37(45)42-22-16-35(17-23-42)44-27-33-8-4-5-9-36(33)40-39(44)47/h2-11,24,30-31,34-35H,12-23,25-27H2,1H3,(H,40,47)/t34-/m1/s1. The summed E-state index contributed by atoms with van der Waals surface area (Å²) in [5.41, 5.74) is 3.11. The molecule has 8 nitrogen and oxygen atoms in total. The number of benzene rings is 3. The molecule has 4 aliphatic heterocycles. The third-order valence-electron chi connectivity index (χ3n) is 11.5. The Balaban J connectivity index is 0.998. The smallest absolute Gasteiger partial charge is 0.322 e. The molecule has 0 aliphatic carbocycles. The normalized spacial score (nSPS) is 21.0. The van der Waals surface area contributed by atoms with Crippen molar-refractivity contribution in [3.8, 4) is 0 Å². The highest BCUT2D eigenvalue weighted by atomic mass is 16.2. The topological polar surface area (TPSA) is 76.2 Å². The second-order valence-corrected chi connectivity index (χ2v) is 14.4. The lowest BCUT2D eigenvalue weighted by molar-refractivity contribution is -0.143. The molecule has 0 unspecified atom stereocenters. The first-order valence-corrected chi connectivity index (χ1v) is 17.8. The van der Waals surface area contributed by atoms with E-state index in [1.165, 1.54) is 31.3 Å². The van der Waals surface area contributed by atoms with Crippen molar-refractivity contribution in [3.05, 3.63) is 77.9 Å². The van der Waals surface area contributed by atoms with Crippen molar-refractivity contribution in [2.24, 2.45) is 17.8 Å². The van der Waals surface area contributed by atoms with Gasteiger partial charge in [0.1, 0.15) is 0 Å². The Morgan fingerprint density at radius 3 is 2.15 bits per heavy atom.